The van der Waals surface area contributed by atoms with E-state index in [1.165, 1.54) is 29.8 Å². The largest absolute Gasteiger partial charge is 0.313 e. The summed E-state index contributed by atoms with van der Waals surface area (Å²) in [6, 6.07) is 9.44. The van der Waals surface area contributed by atoms with E-state index in [1.54, 1.807) is 0 Å². The number of aryl methyl sites for hydroxylation is 1. The Morgan fingerprint density at radius 3 is 2.86 bits per heavy atom. The minimum atomic E-state index is 0.781. The van der Waals surface area contributed by atoms with Crippen LogP contribution >= 0.6 is 11.8 Å². The van der Waals surface area contributed by atoms with Crippen molar-refractivity contribution in [3.8, 4) is 0 Å². The fourth-order valence-corrected chi connectivity index (χ4v) is 2.80. The van der Waals surface area contributed by atoms with Crippen LogP contribution in [0.2, 0.25) is 0 Å². The molecule has 1 N–H and O–H groups in total. The minimum Gasteiger partial charge on any atom is -0.313 e. The van der Waals surface area contributed by atoms with Crippen molar-refractivity contribution in [1.82, 2.24) is 5.32 Å². The SMILES string of the molecule is Cc1ccccc1CSCC1CCN1. The molecule has 0 saturated carbocycles. The predicted molar refractivity (Wildman–Crippen MR) is 63.7 cm³/mol. The zero-order chi connectivity index (χ0) is 9.80. The van der Waals surface area contributed by atoms with Gasteiger partial charge in [-0.3, -0.25) is 0 Å². The average Bonchev–Trinajstić information content (AvgIpc) is 2.12. The highest BCUT2D eigenvalue weighted by Gasteiger charge is 2.15. The zero-order valence-corrected chi connectivity index (χ0v) is 9.44. The molecule has 0 aliphatic carbocycles. The number of rotatable bonds is 4. The molecule has 0 amide bonds. The maximum atomic E-state index is 3.43. The van der Waals surface area contributed by atoms with E-state index in [1.807, 2.05) is 11.8 Å². The van der Waals surface area contributed by atoms with Gasteiger partial charge in [-0.1, -0.05) is 24.3 Å². The Morgan fingerprint density at radius 2 is 2.21 bits per heavy atom. The predicted octanol–water partition coefficient (Wildman–Crippen LogP) is 2.59. The lowest BCUT2D eigenvalue weighted by Crippen LogP contribution is -2.44. The summed E-state index contributed by atoms with van der Waals surface area (Å²) in [6.07, 6.45) is 1.36. The van der Waals surface area contributed by atoms with E-state index in [2.05, 4.69) is 36.5 Å². The first-order valence-electron chi connectivity index (χ1n) is 5.22. The molecule has 1 aliphatic heterocycles. The second-order valence-electron chi connectivity index (χ2n) is 3.88. The third kappa shape index (κ3) is 2.52. The van der Waals surface area contributed by atoms with Crippen LogP contribution in [0, 0.1) is 6.92 Å². The van der Waals surface area contributed by atoms with Gasteiger partial charge in [0.1, 0.15) is 0 Å². The summed E-state index contributed by atoms with van der Waals surface area (Å²) >= 11 is 2.04. The maximum absolute atomic E-state index is 3.43. The summed E-state index contributed by atoms with van der Waals surface area (Å²) in [5.41, 5.74) is 2.90. The molecule has 1 atom stereocenters. The van der Waals surface area contributed by atoms with Gasteiger partial charge in [0.05, 0.1) is 0 Å². The van der Waals surface area contributed by atoms with Crippen molar-refractivity contribution in [2.24, 2.45) is 0 Å². The van der Waals surface area contributed by atoms with Gasteiger partial charge in [-0.15, -0.1) is 0 Å². The molecular formula is C12H17NS. The normalized spacial score (nSPS) is 20.5. The molecular weight excluding hydrogens is 190 g/mol. The summed E-state index contributed by atoms with van der Waals surface area (Å²) in [4.78, 5) is 0. The van der Waals surface area contributed by atoms with Crippen molar-refractivity contribution < 1.29 is 0 Å². The third-order valence-corrected chi connectivity index (χ3v) is 3.92. The molecule has 76 valence electrons. The Morgan fingerprint density at radius 1 is 1.43 bits per heavy atom. The highest BCUT2D eigenvalue weighted by Crippen LogP contribution is 2.18. The minimum absolute atomic E-state index is 0.781. The van der Waals surface area contributed by atoms with Gasteiger partial charge in [0.25, 0.3) is 0 Å². The van der Waals surface area contributed by atoms with Gasteiger partial charge in [0.2, 0.25) is 0 Å². The Hall–Kier alpha value is -0.470. The van der Waals surface area contributed by atoms with Crippen molar-refractivity contribution >= 4 is 11.8 Å². The van der Waals surface area contributed by atoms with Crippen LogP contribution in [0.5, 0.6) is 0 Å². The summed E-state index contributed by atoms with van der Waals surface area (Å²) in [7, 11) is 0. The molecule has 0 radical (unpaired) electrons. The van der Waals surface area contributed by atoms with E-state index in [4.69, 9.17) is 0 Å². The maximum Gasteiger partial charge on any atom is 0.0187 e. The topological polar surface area (TPSA) is 12.0 Å². The Balaban J connectivity index is 1.76. The van der Waals surface area contributed by atoms with E-state index < -0.39 is 0 Å². The van der Waals surface area contributed by atoms with Crippen LogP contribution in [-0.2, 0) is 5.75 Å². The number of hydrogen-bond acceptors (Lipinski definition) is 2. The van der Waals surface area contributed by atoms with E-state index in [0.29, 0.717) is 0 Å². The van der Waals surface area contributed by atoms with E-state index in [9.17, 15) is 0 Å². The number of hydrogen-bond donors (Lipinski definition) is 1. The summed E-state index contributed by atoms with van der Waals surface area (Å²) in [6.45, 7) is 3.41. The molecule has 2 heteroatoms. The third-order valence-electron chi connectivity index (χ3n) is 2.76. The highest BCUT2D eigenvalue weighted by atomic mass is 32.2. The fourth-order valence-electron chi connectivity index (χ4n) is 1.57. The lowest BCUT2D eigenvalue weighted by molar-refractivity contribution is 0.405. The average molecular weight is 207 g/mol. The molecule has 14 heavy (non-hydrogen) atoms. The molecule has 0 spiro atoms. The molecule has 1 nitrogen and oxygen atoms in total. The molecule has 1 heterocycles. The smallest absolute Gasteiger partial charge is 0.0187 e. The quantitative estimate of drug-likeness (QED) is 0.814. The molecule has 1 saturated heterocycles. The van der Waals surface area contributed by atoms with Crippen LogP contribution in [0.25, 0.3) is 0 Å². The van der Waals surface area contributed by atoms with Crippen LogP contribution in [0.1, 0.15) is 17.5 Å². The van der Waals surface area contributed by atoms with Crippen LogP contribution in [-0.4, -0.2) is 18.3 Å². The van der Waals surface area contributed by atoms with Crippen molar-refractivity contribution in [2.75, 3.05) is 12.3 Å². The van der Waals surface area contributed by atoms with E-state index in [-0.39, 0.29) is 0 Å². The molecule has 1 aromatic rings. The van der Waals surface area contributed by atoms with Gasteiger partial charge >= 0.3 is 0 Å². The fraction of sp³-hybridized carbons (Fsp3) is 0.500. The van der Waals surface area contributed by atoms with Gasteiger partial charge in [-0.2, -0.15) is 11.8 Å². The Labute approximate surface area is 90.3 Å². The second kappa shape index (κ2) is 4.85. The molecule has 1 unspecified atom stereocenters. The first-order valence-corrected chi connectivity index (χ1v) is 6.37. The summed E-state index contributed by atoms with van der Waals surface area (Å²) in [5.74, 6) is 2.42. The lowest BCUT2D eigenvalue weighted by Gasteiger charge is -2.27. The van der Waals surface area contributed by atoms with Gasteiger partial charge in [-0.25, -0.2) is 0 Å². The molecule has 0 aromatic heterocycles. The van der Waals surface area contributed by atoms with Gasteiger partial charge in [0, 0.05) is 17.5 Å². The molecule has 1 aliphatic rings. The van der Waals surface area contributed by atoms with Gasteiger partial charge in [-0.05, 0) is 31.0 Å². The monoisotopic (exact) mass is 207 g/mol. The second-order valence-corrected chi connectivity index (χ2v) is 4.91. The first-order chi connectivity index (χ1) is 6.86. The van der Waals surface area contributed by atoms with Crippen LogP contribution < -0.4 is 5.32 Å². The number of nitrogens with one attached hydrogen (secondary N) is 1. The van der Waals surface area contributed by atoms with Crippen molar-refractivity contribution in [2.45, 2.75) is 25.1 Å². The first kappa shape index (κ1) is 10.1. The van der Waals surface area contributed by atoms with Crippen LogP contribution in [0.3, 0.4) is 0 Å². The summed E-state index contributed by atoms with van der Waals surface area (Å²) in [5, 5.41) is 3.43. The lowest BCUT2D eigenvalue weighted by atomic mass is 10.1. The van der Waals surface area contributed by atoms with Crippen LogP contribution in [0.4, 0.5) is 0 Å². The van der Waals surface area contributed by atoms with E-state index >= 15 is 0 Å². The van der Waals surface area contributed by atoms with E-state index in [0.717, 1.165) is 11.8 Å². The van der Waals surface area contributed by atoms with Crippen LogP contribution in [0.15, 0.2) is 24.3 Å². The Bertz CT molecular complexity index is 294. The van der Waals surface area contributed by atoms with Gasteiger partial charge in [0.15, 0.2) is 0 Å². The molecule has 1 aromatic carbocycles. The highest BCUT2D eigenvalue weighted by molar-refractivity contribution is 7.98. The number of benzene rings is 1. The standard InChI is InChI=1S/C12H17NS/c1-10-4-2-3-5-11(10)8-14-9-12-6-7-13-12/h2-5,12-13H,6-9H2,1H3. The Kier molecular flexibility index (Phi) is 3.49. The van der Waals surface area contributed by atoms with Crippen molar-refractivity contribution in [3.05, 3.63) is 35.4 Å². The molecule has 1 fully saturated rings. The zero-order valence-electron chi connectivity index (χ0n) is 8.62. The summed E-state index contributed by atoms with van der Waals surface area (Å²) < 4.78 is 0. The molecule has 2 rings (SSSR count). The molecule has 0 bridgehead atoms. The van der Waals surface area contributed by atoms with Gasteiger partial charge < -0.3 is 5.32 Å². The van der Waals surface area contributed by atoms with Crippen molar-refractivity contribution in [3.63, 3.8) is 0 Å². The van der Waals surface area contributed by atoms with Crippen molar-refractivity contribution in [1.29, 1.82) is 0 Å². The number of thioether (sulfide) groups is 1.